The van der Waals surface area contributed by atoms with Gasteiger partial charge in [-0.1, -0.05) is 0 Å². The molecule has 8 nitrogen and oxygen atoms in total. The summed E-state index contributed by atoms with van der Waals surface area (Å²) in [5.41, 5.74) is 2.91. The van der Waals surface area contributed by atoms with Crippen molar-refractivity contribution >= 4 is 28.8 Å². The lowest BCUT2D eigenvalue weighted by Crippen LogP contribution is -2.17. The fourth-order valence-electron chi connectivity index (χ4n) is 3.32. The van der Waals surface area contributed by atoms with Crippen molar-refractivity contribution in [3.8, 4) is 11.5 Å². The molecule has 1 aliphatic heterocycles. The first-order valence-electron chi connectivity index (χ1n) is 9.56. The molecule has 3 aromatic rings. The van der Waals surface area contributed by atoms with Crippen molar-refractivity contribution in [1.29, 1.82) is 0 Å². The largest absolute Gasteiger partial charge is 0.497 e. The number of aromatic nitrogens is 3. The van der Waals surface area contributed by atoms with Gasteiger partial charge in [0.2, 0.25) is 5.95 Å². The predicted octanol–water partition coefficient (Wildman–Crippen LogP) is 3.98. The standard InChI is InChI=1S/C21H24N6O2/c1-28-17-9-10-18(19(13-17)29-2)24-20-14-22-26-21(25-20)23-15-5-7-16(8-6-15)27-11-3-4-12-27/h5-10,13-14H,3-4,11-12H2,1-2H3,(H2,23,24,25,26). The number of ether oxygens (including phenoxy) is 2. The first-order valence-corrected chi connectivity index (χ1v) is 9.56. The topological polar surface area (TPSA) is 84.4 Å². The maximum Gasteiger partial charge on any atom is 0.249 e. The third-order valence-electron chi connectivity index (χ3n) is 4.82. The van der Waals surface area contributed by atoms with Crippen molar-refractivity contribution in [1.82, 2.24) is 15.2 Å². The molecule has 4 rings (SSSR count). The van der Waals surface area contributed by atoms with Crippen LogP contribution < -0.4 is 25.0 Å². The van der Waals surface area contributed by atoms with Gasteiger partial charge in [-0.15, -0.1) is 5.10 Å². The van der Waals surface area contributed by atoms with Gasteiger partial charge < -0.3 is 25.0 Å². The molecule has 1 aromatic heterocycles. The molecule has 150 valence electrons. The molecule has 1 fully saturated rings. The highest BCUT2D eigenvalue weighted by atomic mass is 16.5. The van der Waals surface area contributed by atoms with Gasteiger partial charge in [0.25, 0.3) is 0 Å². The molecule has 0 unspecified atom stereocenters. The lowest BCUT2D eigenvalue weighted by atomic mass is 10.2. The van der Waals surface area contributed by atoms with Gasteiger partial charge in [-0.2, -0.15) is 10.1 Å². The van der Waals surface area contributed by atoms with Gasteiger partial charge in [0.05, 0.1) is 26.1 Å². The Bertz CT molecular complexity index is 958. The van der Waals surface area contributed by atoms with E-state index in [1.807, 2.05) is 24.3 Å². The highest BCUT2D eigenvalue weighted by Gasteiger charge is 2.12. The lowest BCUT2D eigenvalue weighted by molar-refractivity contribution is 0.395. The predicted molar refractivity (Wildman–Crippen MR) is 114 cm³/mol. The third kappa shape index (κ3) is 4.48. The summed E-state index contributed by atoms with van der Waals surface area (Å²) in [6, 6.07) is 13.8. The Morgan fingerprint density at radius 1 is 0.931 bits per heavy atom. The zero-order valence-electron chi connectivity index (χ0n) is 16.6. The van der Waals surface area contributed by atoms with E-state index < -0.39 is 0 Å². The number of nitrogens with zero attached hydrogens (tertiary/aromatic N) is 4. The number of methoxy groups -OCH3 is 2. The SMILES string of the molecule is COc1ccc(Nc2cnnc(Nc3ccc(N4CCCC4)cc3)n2)c(OC)c1. The number of anilines is 5. The van der Waals surface area contributed by atoms with E-state index in [2.05, 4.69) is 42.8 Å². The molecule has 29 heavy (non-hydrogen) atoms. The number of hydrogen-bond donors (Lipinski definition) is 2. The van der Waals surface area contributed by atoms with Gasteiger partial charge in [-0.05, 0) is 49.2 Å². The van der Waals surface area contributed by atoms with Crippen LogP contribution in [-0.2, 0) is 0 Å². The van der Waals surface area contributed by atoms with Crippen LogP contribution >= 0.6 is 0 Å². The van der Waals surface area contributed by atoms with Crippen LogP contribution in [0.5, 0.6) is 11.5 Å². The summed E-state index contributed by atoms with van der Waals surface area (Å²) < 4.78 is 10.6. The Hall–Kier alpha value is -3.55. The van der Waals surface area contributed by atoms with Crippen LogP contribution in [0.1, 0.15) is 12.8 Å². The van der Waals surface area contributed by atoms with Crippen molar-refractivity contribution in [2.75, 3.05) is 42.8 Å². The molecule has 2 heterocycles. The third-order valence-corrected chi connectivity index (χ3v) is 4.82. The van der Waals surface area contributed by atoms with Crippen LogP contribution in [0, 0.1) is 0 Å². The van der Waals surface area contributed by atoms with Gasteiger partial charge in [-0.3, -0.25) is 0 Å². The molecule has 0 aliphatic carbocycles. The average molecular weight is 392 g/mol. The van der Waals surface area contributed by atoms with Gasteiger partial charge in [-0.25, -0.2) is 0 Å². The molecule has 1 saturated heterocycles. The highest BCUT2D eigenvalue weighted by molar-refractivity contribution is 5.66. The van der Waals surface area contributed by atoms with E-state index >= 15 is 0 Å². The Morgan fingerprint density at radius 2 is 1.72 bits per heavy atom. The minimum absolute atomic E-state index is 0.413. The van der Waals surface area contributed by atoms with Crippen molar-refractivity contribution in [3.05, 3.63) is 48.7 Å². The van der Waals surface area contributed by atoms with Gasteiger partial charge in [0, 0.05) is 30.5 Å². The fraction of sp³-hybridized carbons (Fsp3) is 0.286. The molecular formula is C21H24N6O2. The summed E-state index contributed by atoms with van der Waals surface area (Å²) in [6.07, 6.45) is 4.09. The van der Waals surface area contributed by atoms with E-state index in [4.69, 9.17) is 9.47 Å². The lowest BCUT2D eigenvalue weighted by Gasteiger charge is -2.17. The second kappa shape index (κ2) is 8.64. The van der Waals surface area contributed by atoms with Gasteiger partial charge >= 0.3 is 0 Å². The molecule has 0 amide bonds. The van der Waals surface area contributed by atoms with Crippen molar-refractivity contribution in [2.45, 2.75) is 12.8 Å². The van der Waals surface area contributed by atoms with E-state index in [0.717, 1.165) is 24.5 Å². The maximum absolute atomic E-state index is 5.41. The number of hydrogen-bond acceptors (Lipinski definition) is 8. The summed E-state index contributed by atoms with van der Waals surface area (Å²) in [7, 11) is 3.23. The quantitative estimate of drug-likeness (QED) is 0.625. The Balaban J connectivity index is 1.46. The summed E-state index contributed by atoms with van der Waals surface area (Å²) in [6.45, 7) is 2.25. The molecule has 1 aliphatic rings. The van der Waals surface area contributed by atoms with E-state index in [-0.39, 0.29) is 0 Å². The molecule has 2 aromatic carbocycles. The molecular weight excluding hydrogens is 368 g/mol. The summed E-state index contributed by atoms with van der Waals surface area (Å²) in [4.78, 5) is 6.89. The minimum Gasteiger partial charge on any atom is -0.497 e. The molecule has 2 N–H and O–H groups in total. The number of nitrogens with one attached hydrogen (secondary N) is 2. The first kappa shape index (κ1) is 18.8. The fourth-order valence-corrected chi connectivity index (χ4v) is 3.32. The first-order chi connectivity index (χ1) is 14.2. The summed E-state index contributed by atoms with van der Waals surface area (Å²) >= 11 is 0. The molecule has 0 atom stereocenters. The number of benzene rings is 2. The van der Waals surface area contributed by atoms with E-state index in [1.165, 1.54) is 18.5 Å². The van der Waals surface area contributed by atoms with Crippen LogP contribution in [0.3, 0.4) is 0 Å². The second-order valence-corrected chi connectivity index (χ2v) is 6.72. The molecule has 8 heteroatoms. The van der Waals surface area contributed by atoms with Crippen LogP contribution in [0.25, 0.3) is 0 Å². The molecule has 0 saturated carbocycles. The van der Waals surface area contributed by atoms with E-state index in [9.17, 15) is 0 Å². The van der Waals surface area contributed by atoms with Crippen molar-refractivity contribution in [3.63, 3.8) is 0 Å². The van der Waals surface area contributed by atoms with Gasteiger partial charge in [0.15, 0.2) is 5.82 Å². The van der Waals surface area contributed by atoms with E-state index in [1.54, 1.807) is 26.5 Å². The normalized spacial score (nSPS) is 13.2. The zero-order chi connectivity index (χ0) is 20.1. The smallest absolute Gasteiger partial charge is 0.249 e. The molecule has 0 radical (unpaired) electrons. The summed E-state index contributed by atoms with van der Waals surface area (Å²) in [5, 5.41) is 14.5. The highest BCUT2D eigenvalue weighted by Crippen LogP contribution is 2.31. The van der Waals surface area contributed by atoms with E-state index in [0.29, 0.717) is 23.3 Å². The molecule has 0 spiro atoms. The average Bonchev–Trinajstić information content (AvgIpc) is 3.30. The maximum atomic E-state index is 5.41. The van der Waals surface area contributed by atoms with Crippen LogP contribution in [0.2, 0.25) is 0 Å². The van der Waals surface area contributed by atoms with Crippen LogP contribution in [-0.4, -0.2) is 42.5 Å². The Morgan fingerprint density at radius 3 is 2.45 bits per heavy atom. The Labute approximate surface area is 169 Å². The number of rotatable bonds is 7. The second-order valence-electron chi connectivity index (χ2n) is 6.72. The monoisotopic (exact) mass is 392 g/mol. The van der Waals surface area contributed by atoms with Crippen LogP contribution in [0.4, 0.5) is 28.8 Å². The van der Waals surface area contributed by atoms with Crippen molar-refractivity contribution in [2.24, 2.45) is 0 Å². The zero-order valence-corrected chi connectivity index (χ0v) is 16.6. The Kier molecular flexibility index (Phi) is 5.60. The minimum atomic E-state index is 0.413. The van der Waals surface area contributed by atoms with Gasteiger partial charge in [0.1, 0.15) is 11.5 Å². The van der Waals surface area contributed by atoms with Crippen molar-refractivity contribution < 1.29 is 9.47 Å². The summed E-state index contributed by atoms with van der Waals surface area (Å²) in [5.74, 6) is 2.33. The molecule has 0 bridgehead atoms. The van der Waals surface area contributed by atoms with Crippen LogP contribution in [0.15, 0.2) is 48.7 Å².